The summed E-state index contributed by atoms with van der Waals surface area (Å²) < 4.78 is 10.8. The van der Waals surface area contributed by atoms with E-state index >= 15 is 0 Å². The number of carbonyl (C=O) groups is 2. The van der Waals surface area contributed by atoms with Gasteiger partial charge in [-0.25, -0.2) is 9.97 Å². The summed E-state index contributed by atoms with van der Waals surface area (Å²) in [6.07, 6.45) is 7.83. The number of hydrogen-bond donors (Lipinski definition) is 2. The highest BCUT2D eigenvalue weighted by Crippen LogP contribution is 2.36. The molecule has 11 heteroatoms. The van der Waals surface area contributed by atoms with Crippen molar-refractivity contribution in [1.29, 1.82) is 0 Å². The lowest BCUT2D eigenvalue weighted by Crippen LogP contribution is -2.43. The summed E-state index contributed by atoms with van der Waals surface area (Å²) in [5.41, 5.74) is 6.15. The lowest BCUT2D eigenvalue weighted by Gasteiger charge is -2.30. The Morgan fingerprint density at radius 1 is 0.941 bits per heavy atom. The van der Waals surface area contributed by atoms with Crippen molar-refractivity contribution in [1.82, 2.24) is 30.0 Å². The van der Waals surface area contributed by atoms with Gasteiger partial charge in [0.25, 0.3) is 0 Å². The first-order chi connectivity index (χ1) is 24.9. The molecule has 262 valence electrons. The number of carbonyl (C=O) groups excluding carboxylic acids is 2. The number of hydrogen-bond acceptors (Lipinski definition) is 8. The van der Waals surface area contributed by atoms with Gasteiger partial charge >= 0.3 is 0 Å². The number of rotatable bonds is 12. The van der Waals surface area contributed by atoms with E-state index in [9.17, 15) is 9.59 Å². The third-order valence-corrected chi connectivity index (χ3v) is 10.1. The zero-order valence-electron chi connectivity index (χ0n) is 29.1. The number of fused-ring (bicyclic) bond motifs is 1. The summed E-state index contributed by atoms with van der Waals surface area (Å²) in [7, 11) is 1.65. The second-order valence-electron chi connectivity index (χ2n) is 13.2. The van der Waals surface area contributed by atoms with Crippen LogP contribution in [0, 0.1) is 5.41 Å². The number of likely N-dealkylation sites (tertiary alicyclic amines) is 1. The van der Waals surface area contributed by atoms with Crippen molar-refractivity contribution in [3.8, 4) is 28.4 Å². The Bertz CT molecular complexity index is 2010. The zero-order chi connectivity index (χ0) is 35.2. The van der Waals surface area contributed by atoms with E-state index in [1.807, 2.05) is 65.6 Å². The van der Waals surface area contributed by atoms with Gasteiger partial charge in [-0.15, -0.1) is 0 Å². The highest BCUT2D eigenvalue weighted by molar-refractivity contribution is 6.00. The van der Waals surface area contributed by atoms with Crippen molar-refractivity contribution < 1.29 is 19.1 Å². The number of anilines is 1. The number of amides is 2. The molecule has 0 unspecified atom stereocenters. The predicted octanol–water partition coefficient (Wildman–Crippen LogP) is 6.07. The zero-order valence-corrected chi connectivity index (χ0v) is 29.1. The number of nitrogens with one attached hydrogen (secondary N) is 2. The number of methoxy groups -OCH3 is 1. The number of H-pyrrole nitrogens is 1. The van der Waals surface area contributed by atoms with Crippen molar-refractivity contribution in [3.63, 3.8) is 0 Å². The van der Waals surface area contributed by atoms with Crippen LogP contribution in [0.15, 0.2) is 91.3 Å². The normalized spacial score (nSPS) is 17.8. The minimum Gasteiger partial charge on any atom is -0.491 e. The third kappa shape index (κ3) is 7.54. The maximum absolute atomic E-state index is 13.9. The van der Waals surface area contributed by atoms with Gasteiger partial charge in [0, 0.05) is 61.3 Å². The Labute approximate surface area is 297 Å². The van der Waals surface area contributed by atoms with Crippen molar-refractivity contribution in [2.75, 3.05) is 58.4 Å². The summed E-state index contributed by atoms with van der Waals surface area (Å²) in [5.74, 6) is 1.55. The molecule has 5 aromatic rings. The number of nitrogens with zero attached hydrogens (tertiary/aromatic N) is 5. The quantitative estimate of drug-likeness (QED) is 0.152. The second-order valence-corrected chi connectivity index (χ2v) is 13.2. The van der Waals surface area contributed by atoms with Crippen LogP contribution in [0.4, 0.5) is 5.69 Å². The first kappa shape index (κ1) is 34.1. The Balaban J connectivity index is 0.947. The molecule has 0 bridgehead atoms. The number of aromatic amines is 1. The largest absolute Gasteiger partial charge is 0.491 e. The molecule has 1 saturated heterocycles. The molecule has 1 atom stereocenters. The minimum atomic E-state index is -0.570. The third-order valence-electron chi connectivity index (χ3n) is 10.1. The SMILES string of the molecule is CC[C@@]1(C(=O)Nc2ccc3[nH]nc(-c4ccc(OCCOC)cc4)c3c2)CCN(CC(=O)N2CC=C(c3ccc(-c4ncccn4)cc3)CC2)C1. The van der Waals surface area contributed by atoms with Gasteiger partial charge in [-0.1, -0.05) is 37.3 Å². The van der Waals surface area contributed by atoms with Crippen LogP contribution in [-0.4, -0.2) is 94.8 Å². The number of benzene rings is 3. The van der Waals surface area contributed by atoms with Crippen LogP contribution < -0.4 is 10.1 Å². The number of ether oxygens (including phenoxy) is 2. The van der Waals surface area contributed by atoms with Gasteiger partial charge in [0.2, 0.25) is 11.8 Å². The highest BCUT2D eigenvalue weighted by atomic mass is 16.5. The topological polar surface area (TPSA) is 126 Å². The van der Waals surface area contributed by atoms with Crippen LogP contribution in [0.5, 0.6) is 5.75 Å². The molecule has 2 aliphatic rings. The molecule has 3 aromatic carbocycles. The van der Waals surface area contributed by atoms with Gasteiger partial charge in [-0.05, 0) is 85.5 Å². The van der Waals surface area contributed by atoms with Gasteiger partial charge in [0.1, 0.15) is 12.4 Å². The average molecular weight is 686 g/mol. The molecule has 2 aliphatic heterocycles. The fraction of sp³-hybridized carbons (Fsp3) is 0.325. The van der Waals surface area contributed by atoms with Gasteiger partial charge in [-0.3, -0.25) is 19.6 Å². The summed E-state index contributed by atoms with van der Waals surface area (Å²) in [4.78, 5) is 40.0. The van der Waals surface area contributed by atoms with E-state index < -0.39 is 5.41 Å². The van der Waals surface area contributed by atoms with Crippen LogP contribution in [-0.2, 0) is 14.3 Å². The summed E-state index contributed by atoms with van der Waals surface area (Å²) in [6.45, 7) is 5.88. The summed E-state index contributed by atoms with van der Waals surface area (Å²) >= 11 is 0. The molecule has 11 nitrogen and oxygen atoms in total. The van der Waals surface area contributed by atoms with Crippen LogP contribution in [0.1, 0.15) is 31.7 Å². The van der Waals surface area contributed by atoms with Crippen molar-refractivity contribution in [2.24, 2.45) is 5.41 Å². The monoisotopic (exact) mass is 685 g/mol. The smallest absolute Gasteiger partial charge is 0.237 e. The molecule has 0 aliphatic carbocycles. The molecular formula is C40H43N7O4. The minimum absolute atomic E-state index is 0.0164. The predicted molar refractivity (Wildman–Crippen MR) is 198 cm³/mol. The molecule has 1 fully saturated rings. The molecule has 0 radical (unpaired) electrons. The fourth-order valence-electron chi connectivity index (χ4n) is 6.99. The summed E-state index contributed by atoms with van der Waals surface area (Å²) in [5, 5.41) is 11.8. The van der Waals surface area contributed by atoms with E-state index in [-0.39, 0.29) is 11.8 Å². The van der Waals surface area contributed by atoms with E-state index in [4.69, 9.17) is 9.47 Å². The molecule has 4 heterocycles. The molecule has 51 heavy (non-hydrogen) atoms. The van der Waals surface area contributed by atoms with Crippen LogP contribution in [0.3, 0.4) is 0 Å². The van der Waals surface area contributed by atoms with E-state index in [1.165, 1.54) is 5.57 Å². The van der Waals surface area contributed by atoms with Crippen LogP contribution in [0.2, 0.25) is 0 Å². The lowest BCUT2D eigenvalue weighted by molar-refractivity contribution is -0.132. The van der Waals surface area contributed by atoms with E-state index in [0.29, 0.717) is 64.6 Å². The van der Waals surface area contributed by atoms with E-state index in [0.717, 1.165) is 51.1 Å². The molecule has 2 N–H and O–H groups in total. The maximum Gasteiger partial charge on any atom is 0.237 e. The first-order valence-corrected chi connectivity index (χ1v) is 17.5. The van der Waals surface area contributed by atoms with Gasteiger partial charge in [0.05, 0.1) is 29.8 Å². The molecule has 2 aromatic heterocycles. The average Bonchev–Trinajstić information content (AvgIpc) is 3.80. The highest BCUT2D eigenvalue weighted by Gasteiger charge is 2.43. The van der Waals surface area contributed by atoms with E-state index in [1.54, 1.807) is 19.5 Å². The first-order valence-electron chi connectivity index (χ1n) is 17.5. The summed E-state index contributed by atoms with van der Waals surface area (Å²) in [6, 6.07) is 23.7. The van der Waals surface area contributed by atoms with Gasteiger partial charge in [0.15, 0.2) is 5.82 Å². The Hall–Kier alpha value is -5.39. The van der Waals surface area contributed by atoms with Gasteiger partial charge < -0.3 is 19.7 Å². The molecule has 7 rings (SSSR count). The van der Waals surface area contributed by atoms with Crippen LogP contribution in [0.25, 0.3) is 39.1 Å². The maximum atomic E-state index is 13.9. The molecular weight excluding hydrogens is 642 g/mol. The standard InChI is InChI=1S/C40H43N7O4/c1-3-40(39(49)43-32-11-14-35-34(25-32)37(45-44-35)30-9-12-33(13-10-30)51-24-23-50-2)17-22-46(27-40)26-36(48)47-20-15-29(16-21-47)28-5-7-31(8-6-28)38-41-18-4-19-42-38/h4-15,18-19,25H,3,16-17,20-24,26-27H2,1-2H3,(H,43,49)(H,44,45)/t40-/m1/s1. The molecule has 2 amide bonds. The van der Waals surface area contributed by atoms with E-state index in [2.05, 4.69) is 55.5 Å². The number of aromatic nitrogens is 4. The second kappa shape index (κ2) is 15.2. The Kier molecular flexibility index (Phi) is 10.2. The fourth-order valence-corrected chi connectivity index (χ4v) is 6.99. The van der Waals surface area contributed by atoms with Crippen molar-refractivity contribution >= 4 is 34.0 Å². The molecule has 0 saturated carbocycles. The lowest BCUT2D eigenvalue weighted by atomic mass is 9.83. The Morgan fingerprint density at radius 2 is 1.71 bits per heavy atom. The van der Waals surface area contributed by atoms with Gasteiger partial charge in [-0.2, -0.15) is 5.10 Å². The molecule has 0 spiro atoms. The van der Waals surface area contributed by atoms with Crippen LogP contribution >= 0.6 is 0 Å². The van der Waals surface area contributed by atoms with Crippen molar-refractivity contribution in [3.05, 3.63) is 96.8 Å². The van der Waals surface area contributed by atoms with Crippen molar-refractivity contribution in [2.45, 2.75) is 26.2 Å². The Morgan fingerprint density at radius 3 is 2.43 bits per heavy atom.